The second-order valence-corrected chi connectivity index (χ2v) is 11.6. The lowest BCUT2D eigenvalue weighted by atomic mass is 9.98. The lowest BCUT2D eigenvalue weighted by molar-refractivity contribution is 0.670. The Morgan fingerprint density at radius 3 is 1.76 bits per heavy atom. The van der Waals surface area contributed by atoms with Crippen LogP contribution in [0.5, 0.6) is 0 Å². The Morgan fingerprint density at radius 2 is 1.08 bits per heavy atom. The van der Waals surface area contributed by atoms with Crippen LogP contribution in [0.1, 0.15) is 13.7 Å². The van der Waals surface area contributed by atoms with Gasteiger partial charge in [0.2, 0.25) is 0 Å². The molecule has 0 aliphatic rings. The van der Waals surface area contributed by atoms with Crippen LogP contribution in [-0.4, -0.2) is 19.5 Å². The van der Waals surface area contributed by atoms with E-state index in [9.17, 15) is 1.37 Å². The van der Waals surface area contributed by atoms with Gasteiger partial charge >= 0.3 is 0 Å². The molecule has 0 atom stereocenters. The normalized spacial score (nSPS) is 14.4. The van der Waals surface area contributed by atoms with Crippen LogP contribution >= 0.6 is 0 Å². The lowest BCUT2D eigenvalue weighted by Gasteiger charge is -2.16. The third kappa shape index (κ3) is 4.52. The van der Waals surface area contributed by atoms with Gasteiger partial charge in [-0.3, -0.25) is 0 Å². The fourth-order valence-electron chi connectivity index (χ4n) is 6.46. The SMILES string of the molecule is [2H]c1cc([2H])c2oc3c(-c4ccc(-n5c6c([2H])cc([2H])c([2H])c6c6c([2H])c([2H])cc([2H])c65)c(-c5nc(-c6ccccc6)nc(-c6ccccc6)n5)c4)c([2H])c([2H])cc3c2c1. The summed E-state index contributed by atoms with van der Waals surface area (Å²) in [7, 11) is 0. The number of benzene rings is 7. The highest BCUT2D eigenvalue weighted by atomic mass is 16.3. The summed E-state index contributed by atoms with van der Waals surface area (Å²) < 4.78 is 96.2. The van der Waals surface area contributed by atoms with Crippen molar-refractivity contribution in [1.29, 1.82) is 0 Å². The van der Waals surface area contributed by atoms with E-state index >= 15 is 0 Å². The third-order valence-electron chi connectivity index (χ3n) is 8.73. The van der Waals surface area contributed by atoms with Crippen LogP contribution in [0.3, 0.4) is 0 Å². The predicted octanol–water partition coefficient (Wildman–Crippen LogP) is 11.5. The molecule has 0 aliphatic carbocycles. The minimum absolute atomic E-state index is 0.0150. The highest BCUT2D eigenvalue weighted by Gasteiger charge is 2.21. The molecular weight excluding hydrogens is 613 g/mol. The largest absolute Gasteiger partial charge is 0.455 e. The van der Waals surface area contributed by atoms with Gasteiger partial charge < -0.3 is 8.98 Å². The molecule has 0 N–H and O–H groups in total. The molecule has 0 amide bonds. The van der Waals surface area contributed by atoms with E-state index in [1.807, 2.05) is 60.7 Å². The standard InChI is InChI=1S/C45H28N4O/c1-3-14-29(15-4-1)43-46-44(30-16-5-2-6-17-30)48-45(47-43)37-28-31(32-21-13-22-36-35-20-9-12-25-41(35)50-42(32)36)26-27-40(37)49-38-23-10-7-18-33(38)34-19-8-11-24-39(34)49/h1-28H/i7D,8D,9D,13D,18D,19D,21D,23D,24D,25D. The van der Waals surface area contributed by atoms with Crippen LogP contribution in [0.4, 0.5) is 0 Å². The molecule has 0 fully saturated rings. The number of hydrogen-bond acceptors (Lipinski definition) is 4. The summed E-state index contributed by atoms with van der Waals surface area (Å²) in [6.07, 6.45) is 0. The van der Waals surface area contributed by atoms with E-state index in [4.69, 9.17) is 31.7 Å². The van der Waals surface area contributed by atoms with E-state index in [0.29, 0.717) is 50.4 Å². The average molecular weight is 651 g/mol. The quantitative estimate of drug-likeness (QED) is 0.186. The summed E-state index contributed by atoms with van der Waals surface area (Å²) in [4.78, 5) is 14.9. The first kappa shape index (κ1) is 19.8. The fourth-order valence-corrected chi connectivity index (χ4v) is 6.46. The van der Waals surface area contributed by atoms with Gasteiger partial charge in [0.05, 0.1) is 30.4 Å². The second-order valence-electron chi connectivity index (χ2n) is 11.6. The molecule has 0 saturated heterocycles. The smallest absolute Gasteiger partial charge is 0.166 e. The summed E-state index contributed by atoms with van der Waals surface area (Å²) in [5.74, 6) is 0.826. The molecule has 3 heterocycles. The van der Waals surface area contributed by atoms with Crippen LogP contribution in [0.15, 0.2) is 174 Å². The van der Waals surface area contributed by atoms with Crippen molar-refractivity contribution >= 4 is 43.7 Å². The van der Waals surface area contributed by atoms with Crippen molar-refractivity contribution in [3.63, 3.8) is 0 Å². The summed E-state index contributed by atoms with van der Waals surface area (Å²) in [6, 6.07) is 29.2. The maximum absolute atomic E-state index is 9.20. The van der Waals surface area contributed by atoms with Crippen molar-refractivity contribution in [3.05, 3.63) is 170 Å². The van der Waals surface area contributed by atoms with E-state index in [-0.39, 0.29) is 105 Å². The first-order valence-corrected chi connectivity index (χ1v) is 15.9. The van der Waals surface area contributed by atoms with Gasteiger partial charge in [-0.2, -0.15) is 0 Å². The Kier molecular flexibility index (Phi) is 4.52. The van der Waals surface area contributed by atoms with E-state index < -0.39 is 0 Å². The average Bonchev–Trinajstić information content (AvgIpc) is 3.80. The Morgan fingerprint density at radius 1 is 0.460 bits per heavy atom. The molecule has 50 heavy (non-hydrogen) atoms. The summed E-state index contributed by atoms with van der Waals surface area (Å²) in [5, 5.41) is 1.07. The first-order chi connectivity index (χ1) is 28.9. The van der Waals surface area contributed by atoms with Crippen molar-refractivity contribution in [2.75, 3.05) is 0 Å². The number of hydrogen-bond donors (Lipinski definition) is 0. The summed E-state index contributed by atoms with van der Waals surface area (Å²) in [5.41, 5.74) is 3.37. The zero-order chi connectivity index (χ0) is 41.7. The van der Waals surface area contributed by atoms with Gasteiger partial charge in [-0.1, -0.05) is 139 Å². The fraction of sp³-hybridized carbons (Fsp3) is 0. The van der Waals surface area contributed by atoms with Crippen molar-refractivity contribution in [2.45, 2.75) is 0 Å². The Hall–Kier alpha value is -6.85. The minimum Gasteiger partial charge on any atom is -0.455 e. The molecule has 5 heteroatoms. The third-order valence-corrected chi connectivity index (χ3v) is 8.73. The number of rotatable bonds is 5. The Labute approximate surface area is 301 Å². The molecule has 0 unspecified atom stereocenters. The van der Waals surface area contributed by atoms with Crippen LogP contribution < -0.4 is 0 Å². The Bertz CT molecular complexity index is 3310. The van der Waals surface area contributed by atoms with Crippen LogP contribution in [-0.2, 0) is 0 Å². The van der Waals surface area contributed by atoms with E-state index in [1.54, 1.807) is 28.8 Å². The zero-order valence-corrected chi connectivity index (χ0v) is 26.1. The van der Waals surface area contributed by atoms with Gasteiger partial charge in [0, 0.05) is 43.8 Å². The number of aromatic nitrogens is 4. The van der Waals surface area contributed by atoms with E-state index in [0.717, 1.165) is 0 Å². The van der Waals surface area contributed by atoms with Gasteiger partial charge in [0.25, 0.3) is 0 Å². The predicted molar refractivity (Wildman–Crippen MR) is 203 cm³/mol. The monoisotopic (exact) mass is 650 g/mol. The van der Waals surface area contributed by atoms with Crippen molar-refractivity contribution in [3.8, 4) is 51.0 Å². The molecule has 3 aromatic heterocycles. The number of nitrogens with zero attached hydrogens (tertiary/aromatic N) is 4. The zero-order valence-electron chi connectivity index (χ0n) is 36.1. The molecule has 0 aliphatic heterocycles. The number of furan rings is 1. The molecule has 0 spiro atoms. The second kappa shape index (κ2) is 11.4. The maximum atomic E-state index is 9.20. The first-order valence-electron chi connectivity index (χ1n) is 20.9. The molecule has 0 saturated carbocycles. The van der Waals surface area contributed by atoms with Gasteiger partial charge in [-0.25, -0.2) is 15.0 Å². The highest BCUT2D eigenvalue weighted by Crippen LogP contribution is 2.41. The lowest BCUT2D eigenvalue weighted by Crippen LogP contribution is -2.04. The van der Waals surface area contributed by atoms with Gasteiger partial charge in [0.15, 0.2) is 17.5 Å². The molecule has 0 bridgehead atoms. The van der Waals surface area contributed by atoms with Crippen molar-refractivity contribution in [2.24, 2.45) is 0 Å². The number of para-hydroxylation sites is 4. The maximum Gasteiger partial charge on any atom is 0.166 e. The van der Waals surface area contributed by atoms with Gasteiger partial charge in [-0.05, 0) is 35.8 Å². The topological polar surface area (TPSA) is 56.7 Å². The van der Waals surface area contributed by atoms with Crippen LogP contribution in [0.2, 0.25) is 0 Å². The molecule has 5 nitrogen and oxygen atoms in total. The Balaban J connectivity index is 1.37. The highest BCUT2D eigenvalue weighted by molar-refractivity contribution is 6.11. The summed E-state index contributed by atoms with van der Waals surface area (Å²) in [6.45, 7) is 0. The van der Waals surface area contributed by atoms with Gasteiger partial charge in [-0.15, -0.1) is 0 Å². The number of fused-ring (bicyclic) bond motifs is 6. The molecular formula is C45H28N4O. The van der Waals surface area contributed by atoms with Crippen molar-refractivity contribution < 1.29 is 18.1 Å². The molecule has 0 radical (unpaired) electrons. The molecule has 10 rings (SSSR count). The van der Waals surface area contributed by atoms with Crippen LogP contribution in [0, 0.1) is 0 Å². The van der Waals surface area contributed by atoms with E-state index in [2.05, 4.69) is 0 Å². The van der Waals surface area contributed by atoms with Crippen LogP contribution in [0.25, 0.3) is 94.7 Å². The molecule has 10 aromatic rings. The molecule has 7 aromatic carbocycles. The molecule has 234 valence electrons. The minimum atomic E-state index is -0.262. The van der Waals surface area contributed by atoms with Gasteiger partial charge in [0.1, 0.15) is 11.2 Å². The van der Waals surface area contributed by atoms with Crippen molar-refractivity contribution in [1.82, 2.24) is 19.5 Å². The summed E-state index contributed by atoms with van der Waals surface area (Å²) >= 11 is 0. The van der Waals surface area contributed by atoms with E-state index in [1.165, 1.54) is 24.3 Å².